The Balaban J connectivity index is 0.00000484. The molecule has 0 aliphatic rings. The van der Waals surface area contributed by atoms with Crippen LogP contribution in [0.5, 0.6) is 5.75 Å². The van der Waals surface area contributed by atoms with Crippen molar-refractivity contribution in [3.8, 4) is 5.75 Å². The van der Waals surface area contributed by atoms with E-state index in [0.29, 0.717) is 5.75 Å². The van der Waals surface area contributed by atoms with Gasteiger partial charge in [0.15, 0.2) is 0 Å². The molecule has 5 nitrogen and oxygen atoms in total. The van der Waals surface area contributed by atoms with Gasteiger partial charge < -0.3 is 20.5 Å². The summed E-state index contributed by atoms with van der Waals surface area (Å²) in [7, 11) is 1.47. The van der Waals surface area contributed by atoms with Crippen molar-refractivity contribution < 1.29 is 27.4 Å². The van der Waals surface area contributed by atoms with E-state index in [4.69, 9.17) is 15.2 Å². The second kappa shape index (κ2) is 10.3. The standard InChI is InChI=1S/C14H19F3N2O3.ClH/c1-21-12(9-18)8-13(20)19-6-7-22-11-4-2-10(3-5-11)14(15,16)17;/h2-5,12H,6-9,18H2,1H3,(H,19,20);1H. The Bertz CT molecular complexity index is 465. The highest BCUT2D eigenvalue weighted by Gasteiger charge is 2.29. The molecule has 0 fully saturated rings. The number of nitrogens with one attached hydrogen (secondary N) is 1. The third kappa shape index (κ3) is 8.06. The fourth-order valence-corrected chi connectivity index (χ4v) is 1.64. The van der Waals surface area contributed by atoms with Crippen molar-refractivity contribution in [3.05, 3.63) is 29.8 Å². The third-order valence-corrected chi connectivity index (χ3v) is 2.88. The van der Waals surface area contributed by atoms with E-state index >= 15 is 0 Å². The quantitative estimate of drug-likeness (QED) is 0.699. The van der Waals surface area contributed by atoms with Gasteiger partial charge in [0, 0.05) is 13.7 Å². The van der Waals surface area contributed by atoms with Gasteiger partial charge in [-0.05, 0) is 24.3 Å². The fraction of sp³-hybridized carbons (Fsp3) is 0.500. The van der Waals surface area contributed by atoms with Crippen LogP contribution in [0.2, 0.25) is 0 Å². The molecule has 1 rings (SSSR count). The van der Waals surface area contributed by atoms with Crippen molar-refractivity contribution in [1.29, 1.82) is 0 Å². The topological polar surface area (TPSA) is 73.6 Å². The minimum absolute atomic E-state index is 0. The Hall–Kier alpha value is -1.51. The minimum atomic E-state index is -4.37. The maximum atomic E-state index is 12.4. The molecule has 1 atom stereocenters. The molecule has 9 heteroatoms. The van der Waals surface area contributed by atoms with E-state index in [1.165, 1.54) is 19.2 Å². The number of amides is 1. The Kier molecular flexibility index (Phi) is 9.62. The normalized spacial score (nSPS) is 12.2. The number of hydrogen-bond donors (Lipinski definition) is 2. The smallest absolute Gasteiger partial charge is 0.416 e. The van der Waals surface area contributed by atoms with Crippen molar-refractivity contribution in [2.75, 3.05) is 26.8 Å². The second-order valence-corrected chi connectivity index (χ2v) is 4.52. The summed E-state index contributed by atoms with van der Waals surface area (Å²) in [6.45, 7) is 0.629. The monoisotopic (exact) mass is 356 g/mol. The lowest BCUT2D eigenvalue weighted by Gasteiger charge is -2.13. The van der Waals surface area contributed by atoms with Crippen LogP contribution in [0.3, 0.4) is 0 Å². The number of nitrogens with two attached hydrogens (primary N) is 1. The summed E-state index contributed by atoms with van der Waals surface area (Å²) in [6.07, 6.45) is -4.56. The minimum Gasteiger partial charge on any atom is -0.492 e. The zero-order valence-electron chi connectivity index (χ0n) is 12.6. The van der Waals surface area contributed by atoms with Gasteiger partial charge >= 0.3 is 6.18 Å². The molecule has 0 radical (unpaired) electrons. The van der Waals surface area contributed by atoms with Crippen LogP contribution in [0.1, 0.15) is 12.0 Å². The largest absolute Gasteiger partial charge is 0.492 e. The van der Waals surface area contributed by atoms with E-state index in [0.717, 1.165) is 12.1 Å². The molecule has 0 aliphatic carbocycles. The lowest BCUT2D eigenvalue weighted by atomic mass is 10.2. The van der Waals surface area contributed by atoms with Crippen LogP contribution in [0.25, 0.3) is 0 Å². The van der Waals surface area contributed by atoms with E-state index in [-0.39, 0.29) is 50.5 Å². The Morgan fingerprint density at radius 2 is 1.91 bits per heavy atom. The van der Waals surface area contributed by atoms with E-state index in [1.807, 2.05) is 0 Å². The summed E-state index contributed by atoms with van der Waals surface area (Å²) in [6, 6.07) is 4.36. The molecule has 0 spiro atoms. The Labute approximate surface area is 138 Å². The predicted molar refractivity (Wildman–Crippen MR) is 81.7 cm³/mol. The molecular formula is C14H20ClF3N2O3. The summed E-state index contributed by atoms with van der Waals surface area (Å²) in [4.78, 5) is 11.5. The van der Waals surface area contributed by atoms with Gasteiger partial charge in [0.25, 0.3) is 0 Å². The zero-order valence-corrected chi connectivity index (χ0v) is 13.4. The molecule has 23 heavy (non-hydrogen) atoms. The Morgan fingerprint density at radius 3 is 2.39 bits per heavy atom. The summed E-state index contributed by atoms with van der Waals surface area (Å²) in [5.41, 5.74) is 4.66. The van der Waals surface area contributed by atoms with Gasteiger partial charge in [-0.25, -0.2) is 0 Å². The van der Waals surface area contributed by atoms with Gasteiger partial charge in [0.1, 0.15) is 12.4 Å². The molecule has 1 aromatic rings. The van der Waals surface area contributed by atoms with Gasteiger partial charge in [-0.3, -0.25) is 4.79 Å². The number of carbonyl (C=O) groups is 1. The molecule has 132 valence electrons. The van der Waals surface area contributed by atoms with Crippen molar-refractivity contribution in [3.63, 3.8) is 0 Å². The highest BCUT2D eigenvalue weighted by atomic mass is 35.5. The number of ether oxygens (including phenoxy) is 2. The van der Waals surface area contributed by atoms with E-state index < -0.39 is 11.7 Å². The van der Waals surface area contributed by atoms with Crippen molar-refractivity contribution in [1.82, 2.24) is 5.32 Å². The highest BCUT2D eigenvalue weighted by Crippen LogP contribution is 2.30. The SMILES string of the molecule is COC(CN)CC(=O)NCCOc1ccc(C(F)(F)F)cc1.Cl. The molecule has 1 aromatic carbocycles. The molecule has 0 aliphatic heterocycles. The van der Waals surface area contributed by atoms with Crippen LogP contribution in [-0.2, 0) is 15.7 Å². The average molecular weight is 357 g/mol. The predicted octanol–water partition coefficient (Wildman–Crippen LogP) is 1.99. The number of methoxy groups -OCH3 is 1. The highest BCUT2D eigenvalue weighted by molar-refractivity contribution is 5.85. The van der Waals surface area contributed by atoms with Gasteiger partial charge in [0.2, 0.25) is 5.91 Å². The van der Waals surface area contributed by atoms with Gasteiger partial charge in [-0.2, -0.15) is 13.2 Å². The molecule has 0 heterocycles. The maximum Gasteiger partial charge on any atom is 0.416 e. The van der Waals surface area contributed by atoms with Crippen molar-refractivity contribution >= 4 is 18.3 Å². The molecule has 0 saturated carbocycles. The maximum absolute atomic E-state index is 12.4. The van der Waals surface area contributed by atoms with Crippen LogP contribution >= 0.6 is 12.4 Å². The van der Waals surface area contributed by atoms with Crippen molar-refractivity contribution in [2.24, 2.45) is 5.73 Å². The summed E-state index contributed by atoms with van der Waals surface area (Å²) >= 11 is 0. The van der Waals surface area contributed by atoms with Crippen LogP contribution in [0, 0.1) is 0 Å². The first kappa shape index (κ1) is 21.5. The second-order valence-electron chi connectivity index (χ2n) is 4.52. The first-order chi connectivity index (χ1) is 10.4. The van der Waals surface area contributed by atoms with Crippen LogP contribution in [-0.4, -0.2) is 38.8 Å². The molecule has 0 aromatic heterocycles. The number of benzene rings is 1. The zero-order chi connectivity index (χ0) is 16.6. The van der Waals surface area contributed by atoms with Crippen molar-refractivity contribution in [2.45, 2.75) is 18.7 Å². The van der Waals surface area contributed by atoms with Crippen LogP contribution in [0.15, 0.2) is 24.3 Å². The molecule has 3 N–H and O–H groups in total. The lowest BCUT2D eigenvalue weighted by Crippen LogP contribution is -2.34. The Morgan fingerprint density at radius 1 is 1.30 bits per heavy atom. The molecule has 1 amide bonds. The summed E-state index contributed by atoms with van der Waals surface area (Å²) < 4.78 is 47.3. The van der Waals surface area contributed by atoms with E-state index in [9.17, 15) is 18.0 Å². The lowest BCUT2D eigenvalue weighted by molar-refractivity contribution is -0.137. The molecule has 1 unspecified atom stereocenters. The van der Waals surface area contributed by atoms with E-state index in [2.05, 4.69) is 5.32 Å². The van der Waals surface area contributed by atoms with Gasteiger partial charge in [-0.15, -0.1) is 12.4 Å². The number of carbonyl (C=O) groups excluding carboxylic acids is 1. The van der Waals surface area contributed by atoms with Crippen LogP contribution < -0.4 is 15.8 Å². The molecular weight excluding hydrogens is 337 g/mol. The molecule has 0 bridgehead atoms. The summed E-state index contributed by atoms with van der Waals surface area (Å²) in [5, 5.41) is 2.61. The fourth-order valence-electron chi connectivity index (χ4n) is 1.64. The van der Waals surface area contributed by atoms with Gasteiger partial charge in [0.05, 0.1) is 24.6 Å². The summed E-state index contributed by atoms with van der Waals surface area (Å²) in [5.74, 6) is 0.0762. The number of alkyl halides is 3. The van der Waals surface area contributed by atoms with E-state index in [1.54, 1.807) is 0 Å². The number of hydrogen-bond acceptors (Lipinski definition) is 4. The first-order valence-electron chi connectivity index (χ1n) is 6.66. The number of halogens is 4. The third-order valence-electron chi connectivity index (χ3n) is 2.88. The van der Waals surface area contributed by atoms with Gasteiger partial charge in [-0.1, -0.05) is 0 Å². The van der Waals surface area contributed by atoms with Crippen LogP contribution in [0.4, 0.5) is 13.2 Å². The molecule has 0 saturated heterocycles. The first-order valence-corrected chi connectivity index (χ1v) is 6.66. The average Bonchev–Trinajstić information content (AvgIpc) is 2.48. The number of rotatable bonds is 8.